The molecule has 1 amide bonds. The molecule has 152 valence electrons. The van der Waals surface area contributed by atoms with Gasteiger partial charge in [-0.05, 0) is 32.9 Å². The smallest absolute Gasteiger partial charge is 0.410 e. The molecule has 0 atom stereocenters. The van der Waals surface area contributed by atoms with E-state index in [1.807, 2.05) is 32.9 Å². The molecule has 0 saturated carbocycles. The van der Waals surface area contributed by atoms with Gasteiger partial charge in [0.25, 0.3) is 0 Å². The second-order valence-corrected chi connectivity index (χ2v) is 8.05. The quantitative estimate of drug-likeness (QED) is 0.719. The fourth-order valence-corrected chi connectivity index (χ4v) is 3.39. The van der Waals surface area contributed by atoms with Gasteiger partial charge in [-0.3, -0.25) is 0 Å². The highest BCUT2D eigenvalue weighted by Crippen LogP contribution is 2.40. The van der Waals surface area contributed by atoms with Crippen molar-refractivity contribution in [3.05, 3.63) is 29.3 Å². The van der Waals surface area contributed by atoms with Crippen molar-refractivity contribution in [1.29, 1.82) is 0 Å². The third-order valence-electron chi connectivity index (χ3n) is 4.88. The van der Waals surface area contributed by atoms with Crippen molar-refractivity contribution >= 4 is 18.1 Å². The van der Waals surface area contributed by atoms with Crippen LogP contribution in [0.4, 0.5) is 4.79 Å². The third kappa shape index (κ3) is 4.08. The zero-order valence-corrected chi connectivity index (χ0v) is 17.0. The Kier molecular flexibility index (Phi) is 5.28. The first-order chi connectivity index (χ1) is 13.2. The number of carbonyl (C=O) groups is 2. The molecule has 1 spiro atoms. The molecular weight excluding hydrogens is 362 g/mol. The summed E-state index contributed by atoms with van der Waals surface area (Å²) in [5.41, 5.74) is 0.151. The van der Waals surface area contributed by atoms with E-state index in [0.717, 1.165) is 5.56 Å². The van der Waals surface area contributed by atoms with Gasteiger partial charge in [-0.25, -0.2) is 9.59 Å². The molecule has 0 bridgehead atoms. The zero-order valence-electron chi connectivity index (χ0n) is 17.0. The van der Waals surface area contributed by atoms with Crippen LogP contribution in [0.5, 0.6) is 11.5 Å². The van der Waals surface area contributed by atoms with Gasteiger partial charge in [0.2, 0.25) is 0 Å². The van der Waals surface area contributed by atoms with Gasteiger partial charge in [-0.15, -0.1) is 0 Å². The number of likely N-dealkylation sites (tertiary alicyclic amines) is 1. The summed E-state index contributed by atoms with van der Waals surface area (Å²) in [6.07, 6.45) is 4.97. The Hall–Kier alpha value is -2.70. The Morgan fingerprint density at radius 2 is 1.82 bits per heavy atom. The second kappa shape index (κ2) is 7.37. The molecule has 1 fully saturated rings. The van der Waals surface area contributed by atoms with E-state index in [4.69, 9.17) is 18.9 Å². The number of hydrogen-bond donors (Lipinski definition) is 0. The summed E-state index contributed by atoms with van der Waals surface area (Å²) in [5.74, 6) is 0.596. The normalized spacial score (nSPS) is 17.5. The number of rotatable bonds is 2. The lowest BCUT2D eigenvalue weighted by atomic mass is 9.88. The van der Waals surface area contributed by atoms with Gasteiger partial charge in [0, 0.05) is 37.6 Å². The minimum Gasteiger partial charge on any atom is -0.496 e. The fraction of sp³-hybridized carbons (Fsp3) is 0.524. The van der Waals surface area contributed by atoms with E-state index >= 15 is 0 Å². The standard InChI is InChI=1S/C21H27NO6/c1-20(2,3)28-19(24)22-10-8-21(9-11-22)7-6-14-12-15(18(23)26-5)17(25-4)13-16(14)27-21/h6-7,12-13H,8-11H2,1-5H3. The van der Waals surface area contributed by atoms with Crippen molar-refractivity contribution in [2.24, 2.45) is 0 Å². The molecule has 28 heavy (non-hydrogen) atoms. The van der Waals surface area contributed by atoms with Crippen LogP contribution in [0, 0.1) is 0 Å². The molecule has 1 aromatic rings. The number of ether oxygens (including phenoxy) is 4. The van der Waals surface area contributed by atoms with Gasteiger partial charge in [-0.1, -0.05) is 6.08 Å². The number of fused-ring (bicyclic) bond motifs is 1. The summed E-state index contributed by atoms with van der Waals surface area (Å²) in [6.45, 7) is 6.67. The Bertz CT molecular complexity index is 800. The van der Waals surface area contributed by atoms with Crippen molar-refractivity contribution in [1.82, 2.24) is 4.90 Å². The summed E-state index contributed by atoms with van der Waals surface area (Å²) in [5, 5.41) is 0. The highest BCUT2D eigenvalue weighted by Gasteiger charge is 2.39. The Balaban J connectivity index is 1.75. The number of methoxy groups -OCH3 is 2. The molecule has 0 aromatic heterocycles. The summed E-state index contributed by atoms with van der Waals surface area (Å²) in [6, 6.07) is 3.42. The summed E-state index contributed by atoms with van der Waals surface area (Å²) >= 11 is 0. The average Bonchev–Trinajstić information content (AvgIpc) is 2.65. The van der Waals surface area contributed by atoms with Gasteiger partial charge < -0.3 is 23.8 Å². The summed E-state index contributed by atoms with van der Waals surface area (Å²) < 4.78 is 21.9. The molecule has 2 aliphatic heterocycles. The van der Waals surface area contributed by atoms with Crippen molar-refractivity contribution in [3.8, 4) is 11.5 Å². The molecule has 3 rings (SSSR count). The Morgan fingerprint density at radius 1 is 1.14 bits per heavy atom. The number of carbonyl (C=O) groups excluding carboxylic acids is 2. The average molecular weight is 389 g/mol. The van der Waals surface area contributed by atoms with Gasteiger partial charge in [0.05, 0.1) is 14.2 Å². The predicted octanol–water partition coefficient (Wildman–Crippen LogP) is 3.66. The number of nitrogens with zero attached hydrogens (tertiary/aromatic N) is 1. The van der Waals surface area contributed by atoms with E-state index in [1.165, 1.54) is 14.2 Å². The van der Waals surface area contributed by atoms with Crippen molar-refractivity contribution in [3.63, 3.8) is 0 Å². The lowest BCUT2D eigenvalue weighted by molar-refractivity contribution is -0.00105. The highest BCUT2D eigenvalue weighted by molar-refractivity contribution is 5.94. The topological polar surface area (TPSA) is 74.3 Å². The van der Waals surface area contributed by atoms with Crippen LogP contribution in [0.25, 0.3) is 6.08 Å². The monoisotopic (exact) mass is 389 g/mol. The second-order valence-electron chi connectivity index (χ2n) is 8.05. The van der Waals surface area contributed by atoms with Crippen LogP contribution in [0.15, 0.2) is 18.2 Å². The summed E-state index contributed by atoms with van der Waals surface area (Å²) in [4.78, 5) is 26.0. The van der Waals surface area contributed by atoms with E-state index in [0.29, 0.717) is 43.0 Å². The molecule has 0 radical (unpaired) electrons. The predicted molar refractivity (Wildman–Crippen MR) is 104 cm³/mol. The van der Waals surface area contributed by atoms with E-state index in [2.05, 4.69) is 0 Å². The fourth-order valence-electron chi connectivity index (χ4n) is 3.39. The van der Waals surface area contributed by atoms with Crippen molar-refractivity contribution in [2.45, 2.75) is 44.8 Å². The van der Waals surface area contributed by atoms with Gasteiger partial charge in [-0.2, -0.15) is 0 Å². The first-order valence-corrected chi connectivity index (χ1v) is 9.33. The molecular formula is C21H27NO6. The molecule has 0 N–H and O–H groups in total. The molecule has 1 aromatic carbocycles. The van der Waals surface area contributed by atoms with Crippen molar-refractivity contribution < 1.29 is 28.5 Å². The van der Waals surface area contributed by atoms with E-state index in [9.17, 15) is 9.59 Å². The van der Waals surface area contributed by atoms with Crippen LogP contribution in [-0.2, 0) is 9.47 Å². The molecule has 7 nitrogen and oxygen atoms in total. The van der Waals surface area contributed by atoms with Gasteiger partial charge in [0.1, 0.15) is 28.3 Å². The number of hydrogen-bond acceptors (Lipinski definition) is 6. The minimum absolute atomic E-state index is 0.299. The lowest BCUT2D eigenvalue weighted by Gasteiger charge is -2.42. The largest absolute Gasteiger partial charge is 0.496 e. The zero-order chi connectivity index (χ0) is 20.5. The third-order valence-corrected chi connectivity index (χ3v) is 4.88. The van der Waals surface area contributed by atoms with Crippen LogP contribution in [-0.4, -0.2) is 55.5 Å². The van der Waals surface area contributed by atoms with Crippen LogP contribution in [0.1, 0.15) is 49.5 Å². The van der Waals surface area contributed by atoms with Crippen LogP contribution >= 0.6 is 0 Å². The van der Waals surface area contributed by atoms with Crippen molar-refractivity contribution in [2.75, 3.05) is 27.3 Å². The SMILES string of the molecule is COC(=O)c1cc2c(cc1OC)OC1(C=C2)CCN(C(=O)OC(C)(C)C)CC1. The van der Waals surface area contributed by atoms with Crippen LogP contribution in [0.2, 0.25) is 0 Å². The van der Waals surface area contributed by atoms with E-state index in [1.54, 1.807) is 17.0 Å². The van der Waals surface area contributed by atoms with Crippen LogP contribution < -0.4 is 9.47 Å². The van der Waals surface area contributed by atoms with E-state index in [-0.39, 0.29) is 6.09 Å². The summed E-state index contributed by atoms with van der Waals surface area (Å²) in [7, 11) is 2.84. The Labute approximate surface area is 165 Å². The van der Waals surface area contributed by atoms with Gasteiger partial charge in [0.15, 0.2) is 0 Å². The molecule has 0 unspecified atom stereocenters. The maximum atomic E-state index is 12.3. The first kappa shape index (κ1) is 20.0. The number of benzene rings is 1. The maximum Gasteiger partial charge on any atom is 0.410 e. The first-order valence-electron chi connectivity index (χ1n) is 9.33. The molecule has 1 saturated heterocycles. The highest BCUT2D eigenvalue weighted by atomic mass is 16.6. The van der Waals surface area contributed by atoms with Gasteiger partial charge >= 0.3 is 12.1 Å². The number of esters is 1. The van der Waals surface area contributed by atoms with E-state index < -0.39 is 17.2 Å². The maximum absolute atomic E-state index is 12.3. The minimum atomic E-state index is -0.514. The molecule has 0 aliphatic carbocycles. The molecule has 2 heterocycles. The molecule has 7 heteroatoms. The van der Waals surface area contributed by atoms with Crippen LogP contribution in [0.3, 0.4) is 0 Å². The number of piperidine rings is 1. The lowest BCUT2D eigenvalue weighted by Crippen LogP contribution is -2.50. The Morgan fingerprint density at radius 3 is 2.39 bits per heavy atom. The number of amides is 1. The molecule has 2 aliphatic rings.